The van der Waals surface area contributed by atoms with Gasteiger partial charge < -0.3 is 4.90 Å². The highest BCUT2D eigenvalue weighted by Crippen LogP contribution is 2.26. The van der Waals surface area contributed by atoms with Crippen molar-refractivity contribution in [2.24, 2.45) is 0 Å². The molecule has 0 aromatic heterocycles. The van der Waals surface area contributed by atoms with E-state index in [1.54, 1.807) is 0 Å². The third-order valence-electron chi connectivity index (χ3n) is 3.96. The molecule has 0 bridgehead atoms. The Hall–Kier alpha value is -1.92. The van der Waals surface area contributed by atoms with Crippen molar-refractivity contribution in [1.29, 1.82) is 0 Å². The summed E-state index contributed by atoms with van der Waals surface area (Å²) in [5.41, 5.74) is 3.07. The molecule has 4 nitrogen and oxygen atoms in total. The Labute approximate surface area is 136 Å². The van der Waals surface area contributed by atoms with Crippen LogP contribution in [0.3, 0.4) is 0 Å². The van der Waals surface area contributed by atoms with Gasteiger partial charge >= 0.3 is 0 Å². The molecule has 0 saturated heterocycles. The molecule has 3 rings (SSSR count). The van der Waals surface area contributed by atoms with Crippen LogP contribution in [0.2, 0.25) is 0 Å². The summed E-state index contributed by atoms with van der Waals surface area (Å²) in [4.78, 5) is 2.19. The number of anilines is 1. The lowest BCUT2D eigenvalue weighted by molar-refractivity contribution is 0.580. The molecule has 0 spiro atoms. The highest BCUT2D eigenvalue weighted by Gasteiger charge is 2.18. The van der Waals surface area contributed by atoms with Gasteiger partial charge in [0.2, 0.25) is 10.0 Å². The van der Waals surface area contributed by atoms with Crippen molar-refractivity contribution < 1.29 is 12.8 Å². The average Bonchev–Trinajstić information content (AvgIpc) is 2.93. The normalized spacial score (nSPS) is 14.0. The van der Waals surface area contributed by atoms with Crippen molar-refractivity contribution in [2.75, 3.05) is 24.5 Å². The predicted octanol–water partition coefficient (Wildman–Crippen LogP) is 2.31. The second-order valence-electron chi connectivity index (χ2n) is 5.65. The topological polar surface area (TPSA) is 49.4 Å². The first-order chi connectivity index (χ1) is 11.0. The van der Waals surface area contributed by atoms with Crippen LogP contribution in [0.1, 0.15) is 11.1 Å². The number of benzene rings is 2. The van der Waals surface area contributed by atoms with Gasteiger partial charge in [0.25, 0.3) is 0 Å². The Balaban J connectivity index is 1.53. The molecule has 0 unspecified atom stereocenters. The van der Waals surface area contributed by atoms with Gasteiger partial charge in [-0.25, -0.2) is 17.5 Å². The number of nitrogens with one attached hydrogen (secondary N) is 1. The van der Waals surface area contributed by atoms with E-state index in [9.17, 15) is 12.8 Å². The molecule has 1 heterocycles. The van der Waals surface area contributed by atoms with Gasteiger partial charge in [-0.2, -0.15) is 0 Å². The molecule has 0 aliphatic carbocycles. The molecule has 2 aromatic carbocycles. The highest BCUT2D eigenvalue weighted by molar-refractivity contribution is 7.88. The van der Waals surface area contributed by atoms with E-state index < -0.39 is 10.0 Å². The van der Waals surface area contributed by atoms with Crippen molar-refractivity contribution in [1.82, 2.24) is 4.72 Å². The number of sulfonamides is 1. The van der Waals surface area contributed by atoms with Crippen LogP contribution >= 0.6 is 0 Å². The molecule has 6 heteroatoms. The number of para-hydroxylation sites is 1. The first kappa shape index (κ1) is 16.0. The summed E-state index contributed by atoms with van der Waals surface area (Å²) in [5.74, 6) is -0.504. The van der Waals surface area contributed by atoms with Crippen LogP contribution in [0, 0.1) is 5.82 Å². The quantitative estimate of drug-likeness (QED) is 0.882. The fourth-order valence-electron chi connectivity index (χ4n) is 2.83. The summed E-state index contributed by atoms with van der Waals surface area (Å²) in [6.45, 7) is 1.91. The zero-order valence-electron chi connectivity index (χ0n) is 12.7. The first-order valence-corrected chi connectivity index (χ1v) is 9.23. The van der Waals surface area contributed by atoms with Gasteiger partial charge in [-0.3, -0.25) is 0 Å². The molecule has 1 aliphatic heterocycles. The van der Waals surface area contributed by atoms with Crippen LogP contribution in [0.25, 0.3) is 0 Å². The number of fused-ring (bicyclic) bond motifs is 1. The van der Waals surface area contributed by atoms with E-state index in [4.69, 9.17) is 0 Å². The largest absolute Gasteiger partial charge is 0.370 e. The monoisotopic (exact) mass is 334 g/mol. The van der Waals surface area contributed by atoms with E-state index in [2.05, 4.69) is 21.8 Å². The smallest absolute Gasteiger partial charge is 0.215 e. The molecule has 1 N–H and O–H groups in total. The molecule has 0 radical (unpaired) electrons. The maximum atomic E-state index is 12.8. The van der Waals surface area contributed by atoms with Gasteiger partial charge in [-0.05, 0) is 35.7 Å². The Morgan fingerprint density at radius 1 is 1.09 bits per heavy atom. The Morgan fingerprint density at radius 3 is 2.61 bits per heavy atom. The van der Waals surface area contributed by atoms with Crippen molar-refractivity contribution >= 4 is 15.7 Å². The third kappa shape index (κ3) is 4.09. The SMILES string of the molecule is O=S(=O)(Cc1ccc(F)cc1)NCCN1CCc2ccccc21. The van der Waals surface area contributed by atoms with E-state index >= 15 is 0 Å². The van der Waals surface area contributed by atoms with E-state index in [0.717, 1.165) is 13.0 Å². The van der Waals surface area contributed by atoms with Crippen LogP contribution in [0.15, 0.2) is 48.5 Å². The lowest BCUT2D eigenvalue weighted by Crippen LogP contribution is -2.34. The van der Waals surface area contributed by atoms with E-state index in [-0.39, 0.29) is 11.6 Å². The van der Waals surface area contributed by atoms with Crippen molar-refractivity contribution in [2.45, 2.75) is 12.2 Å². The summed E-state index contributed by atoms with van der Waals surface area (Å²) < 4.78 is 39.6. The molecule has 0 fully saturated rings. The van der Waals surface area contributed by atoms with Crippen LogP contribution in [-0.4, -0.2) is 28.1 Å². The Bertz CT molecular complexity index is 775. The number of hydrogen-bond donors (Lipinski definition) is 1. The number of halogens is 1. The summed E-state index contributed by atoms with van der Waals surface area (Å²) in [6, 6.07) is 13.7. The number of rotatable bonds is 6. The van der Waals surface area contributed by atoms with Crippen LogP contribution in [-0.2, 0) is 22.2 Å². The third-order valence-corrected chi connectivity index (χ3v) is 5.31. The zero-order valence-corrected chi connectivity index (χ0v) is 13.5. The fourth-order valence-corrected chi connectivity index (χ4v) is 3.96. The average molecular weight is 334 g/mol. The minimum Gasteiger partial charge on any atom is -0.370 e. The molecule has 2 aromatic rings. The molecular weight excluding hydrogens is 315 g/mol. The lowest BCUT2D eigenvalue weighted by atomic mass is 10.2. The van der Waals surface area contributed by atoms with Gasteiger partial charge in [-0.15, -0.1) is 0 Å². The predicted molar refractivity (Wildman–Crippen MR) is 89.4 cm³/mol. The summed E-state index contributed by atoms with van der Waals surface area (Å²) in [6.07, 6.45) is 0.999. The van der Waals surface area contributed by atoms with Crippen LogP contribution in [0.4, 0.5) is 10.1 Å². The number of hydrogen-bond acceptors (Lipinski definition) is 3. The minimum absolute atomic E-state index is 0.135. The van der Waals surface area contributed by atoms with Crippen LogP contribution < -0.4 is 9.62 Å². The first-order valence-electron chi connectivity index (χ1n) is 7.58. The van der Waals surface area contributed by atoms with Gasteiger partial charge in [0.15, 0.2) is 0 Å². The molecular formula is C17H19FN2O2S. The minimum atomic E-state index is -3.42. The van der Waals surface area contributed by atoms with Gasteiger partial charge in [-0.1, -0.05) is 30.3 Å². The van der Waals surface area contributed by atoms with E-state index in [1.165, 1.54) is 35.5 Å². The molecule has 23 heavy (non-hydrogen) atoms. The molecule has 0 saturated carbocycles. The van der Waals surface area contributed by atoms with E-state index in [0.29, 0.717) is 18.7 Å². The second-order valence-corrected chi connectivity index (χ2v) is 7.45. The fraction of sp³-hybridized carbons (Fsp3) is 0.294. The summed E-state index contributed by atoms with van der Waals surface area (Å²) in [5, 5.41) is 0. The van der Waals surface area contributed by atoms with E-state index in [1.807, 2.05) is 12.1 Å². The van der Waals surface area contributed by atoms with Crippen molar-refractivity contribution in [3.63, 3.8) is 0 Å². The van der Waals surface area contributed by atoms with Gasteiger partial charge in [0, 0.05) is 25.3 Å². The summed E-state index contributed by atoms with van der Waals surface area (Å²) >= 11 is 0. The standard InChI is InChI=1S/C17H19FN2O2S/c18-16-7-5-14(6-8-16)13-23(21,22)19-10-12-20-11-9-15-3-1-2-4-17(15)20/h1-8,19H,9-13H2. The van der Waals surface area contributed by atoms with Crippen molar-refractivity contribution in [3.8, 4) is 0 Å². The Kier molecular flexibility index (Phi) is 4.63. The maximum absolute atomic E-state index is 12.8. The maximum Gasteiger partial charge on any atom is 0.215 e. The number of nitrogens with zero attached hydrogens (tertiary/aromatic N) is 1. The zero-order chi connectivity index (χ0) is 16.3. The van der Waals surface area contributed by atoms with Crippen molar-refractivity contribution in [3.05, 3.63) is 65.5 Å². The molecule has 122 valence electrons. The lowest BCUT2D eigenvalue weighted by Gasteiger charge is -2.19. The molecule has 0 atom stereocenters. The summed E-state index contributed by atoms with van der Waals surface area (Å²) in [7, 11) is -3.42. The molecule has 1 aliphatic rings. The molecule has 0 amide bonds. The highest BCUT2D eigenvalue weighted by atomic mass is 32.2. The van der Waals surface area contributed by atoms with Crippen LogP contribution in [0.5, 0.6) is 0 Å². The second kappa shape index (κ2) is 6.68. The van der Waals surface area contributed by atoms with Gasteiger partial charge in [0.1, 0.15) is 5.82 Å². The Morgan fingerprint density at radius 2 is 1.83 bits per heavy atom. The van der Waals surface area contributed by atoms with Gasteiger partial charge in [0.05, 0.1) is 5.75 Å².